The molecule has 0 aromatic carbocycles. The third-order valence-corrected chi connectivity index (χ3v) is 12.1. The highest BCUT2D eigenvalue weighted by atomic mass is 14.6. The molecule has 3 fully saturated rings. The number of fused-ring (bicyclic) bond motifs is 5. The van der Waals surface area contributed by atoms with E-state index < -0.39 is 0 Å². The number of hydrogen-bond acceptors (Lipinski definition) is 0. The average Bonchev–Trinajstić information content (AvgIpc) is 3.10. The highest BCUT2D eigenvalue weighted by molar-refractivity contribution is 5.24. The van der Waals surface area contributed by atoms with Crippen LogP contribution in [-0.4, -0.2) is 0 Å². The monoisotopic (exact) mass is 436 g/mol. The number of terminal acetylenes is 1. The third-order valence-electron chi connectivity index (χ3n) is 12.1. The first-order valence-electron chi connectivity index (χ1n) is 14.2. The molecule has 0 heterocycles. The maximum Gasteiger partial charge on any atom is 0.0357 e. The van der Waals surface area contributed by atoms with E-state index in [4.69, 9.17) is 6.42 Å². The summed E-state index contributed by atoms with van der Waals surface area (Å²) in [6.07, 6.45) is 25.5. The number of allylic oxidation sites excluding steroid dienone is 2. The first-order valence-corrected chi connectivity index (χ1v) is 14.2. The molecule has 4 aliphatic rings. The summed E-state index contributed by atoms with van der Waals surface area (Å²) < 4.78 is 0. The lowest BCUT2D eigenvalue weighted by Crippen LogP contribution is -2.50. The number of rotatable bonds is 5. The second kappa shape index (κ2) is 8.51. The smallest absolute Gasteiger partial charge is 0.0357 e. The lowest BCUT2D eigenvalue weighted by atomic mass is 9.47. The Morgan fingerprint density at radius 3 is 2.50 bits per heavy atom. The Morgan fingerprint density at radius 1 is 1.09 bits per heavy atom. The van der Waals surface area contributed by atoms with E-state index in [1.54, 1.807) is 0 Å². The zero-order valence-electron chi connectivity index (χ0n) is 22.5. The van der Waals surface area contributed by atoms with Gasteiger partial charge in [0.25, 0.3) is 0 Å². The van der Waals surface area contributed by atoms with Crippen LogP contribution in [0, 0.1) is 63.6 Å². The summed E-state index contributed by atoms with van der Waals surface area (Å²) in [7, 11) is 0. The van der Waals surface area contributed by atoms with Crippen molar-refractivity contribution in [1.82, 2.24) is 0 Å². The van der Waals surface area contributed by atoms with Crippen LogP contribution in [-0.2, 0) is 0 Å². The molecule has 4 aliphatic carbocycles. The SMILES string of the molecule is C#CC(CC)(CCC(C)C1CCC2C3CC=C4CCCCC4(C)C3CCC12C)C(C)(C)C. The fraction of sp³-hybridized carbons (Fsp3) is 0.875. The minimum absolute atomic E-state index is 0.0397. The number of hydrogen-bond donors (Lipinski definition) is 0. The van der Waals surface area contributed by atoms with Crippen molar-refractivity contribution < 1.29 is 0 Å². The van der Waals surface area contributed by atoms with E-state index >= 15 is 0 Å². The molecule has 0 radical (unpaired) electrons. The molecule has 0 bridgehead atoms. The van der Waals surface area contributed by atoms with Gasteiger partial charge in [-0.25, -0.2) is 0 Å². The van der Waals surface area contributed by atoms with Gasteiger partial charge in [0, 0.05) is 5.41 Å². The molecule has 32 heavy (non-hydrogen) atoms. The van der Waals surface area contributed by atoms with Crippen molar-refractivity contribution in [3.63, 3.8) is 0 Å². The van der Waals surface area contributed by atoms with E-state index in [1.807, 2.05) is 5.57 Å². The van der Waals surface area contributed by atoms with E-state index in [0.717, 1.165) is 36.0 Å². The molecule has 0 aliphatic heterocycles. The molecule has 0 nitrogen and oxygen atoms in total. The van der Waals surface area contributed by atoms with Crippen molar-refractivity contribution >= 4 is 0 Å². The largest absolute Gasteiger partial charge is 0.119 e. The first-order chi connectivity index (χ1) is 15.0. The molecule has 0 heteroatoms. The molecule has 0 amide bonds. The maximum atomic E-state index is 6.16. The van der Waals surface area contributed by atoms with Crippen LogP contribution in [0.15, 0.2) is 11.6 Å². The van der Waals surface area contributed by atoms with Gasteiger partial charge in [0.1, 0.15) is 0 Å². The fourth-order valence-electron chi connectivity index (χ4n) is 9.82. The van der Waals surface area contributed by atoms with Crippen molar-refractivity contribution in [2.45, 2.75) is 126 Å². The van der Waals surface area contributed by atoms with Gasteiger partial charge in [-0.15, -0.1) is 6.42 Å². The third kappa shape index (κ3) is 3.64. The van der Waals surface area contributed by atoms with Gasteiger partial charge in [0.2, 0.25) is 0 Å². The Morgan fingerprint density at radius 2 is 1.84 bits per heavy atom. The summed E-state index contributed by atoms with van der Waals surface area (Å²) in [5.74, 6) is 7.84. The van der Waals surface area contributed by atoms with Crippen molar-refractivity contribution in [3.05, 3.63) is 11.6 Å². The Labute approximate surface area is 200 Å². The molecule has 4 rings (SSSR count). The van der Waals surface area contributed by atoms with Gasteiger partial charge in [-0.2, -0.15) is 0 Å². The van der Waals surface area contributed by atoms with Gasteiger partial charge in [-0.1, -0.05) is 72.5 Å². The highest BCUT2D eigenvalue weighted by Crippen LogP contribution is 2.67. The zero-order chi connectivity index (χ0) is 23.4. The Bertz CT molecular complexity index is 758. The second-order valence-corrected chi connectivity index (χ2v) is 14.0. The molecular formula is C32H52. The van der Waals surface area contributed by atoms with Crippen molar-refractivity contribution in [1.29, 1.82) is 0 Å². The van der Waals surface area contributed by atoms with Gasteiger partial charge < -0.3 is 0 Å². The molecule has 8 atom stereocenters. The van der Waals surface area contributed by atoms with Crippen LogP contribution in [0.3, 0.4) is 0 Å². The summed E-state index contributed by atoms with van der Waals surface area (Å²) in [5, 5.41) is 0. The van der Waals surface area contributed by atoms with Gasteiger partial charge in [-0.05, 0) is 116 Å². The second-order valence-electron chi connectivity index (χ2n) is 14.0. The molecule has 180 valence electrons. The van der Waals surface area contributed by atoms with Crippen LogP contribution in [0.2, 0.25) is 0 Å². The molecular weight excluding hydrogens is 384 g/mol. The maximum absolute atomic E-state index is 6.16. The summed E-state index contributed by atoms with van der Waals surface area (Å²) in [6.45, 7) is 17.3. The minimum atomic E-state index is 0.0397. The van der Waals surface area contributed by atoms with E-state index in [9.17, 15) is 0 Å². The fourth-order valence-corrected chi connectivity index (χ4v) is 9.82. The molecule has 0 saturated heterocycles. The molecule has 0 N–H and O–H groups in total. The van der Waals surface area contributed by atoms with Crippen LogP contribution in [0.5, 0.6) is 0 Å². The van der Waals surface area contributed by atoms with Gasteiger partial charge in [-0.3, -0.25) is 0 Å². The molecule has 0 aromatic rings. The van der Waals surface area contributed by atoms with Crippen LogP contribution in [0.25, 0.3) is 0 Å². The lowest BCUT2D eigenvalue weighted by molar-refractivity contribution is -0.0509. The summed E-state index contributed by atoms with van der Waals surface area (Å²) in [4.78, 5) is 0. The summed E-state index contributed by atoms with van der Waals surface area (Å²) >= 11 is 0. The van der Waals surface area contributed by atoms with E-state index in [0.29, 0.717) is 10.8 Å². The van der Waals surface area contributed by atoms with Crippen molar-refractivity contribution in [2.24, 2.45) is 51.2 Å². The Hall–Kier alpha value is -0.700. The summed E-state index contributed by atoms with van der Waals surface area (Å²) in [6, 6.07) is 0. The van der Waals surface area contributed by atoms with Crippen LogP contribution < -0.4 is 0 Å². The average molecular weight is 437 g/mol. The topological polar surface area (TPSA) is 0 Å². The zero-order valence-corrected chi connectivity index (χ0v) is 22.5. The van der Waals surface area contributed by atoms with Crippen molar-refractivity contribution in [2.75, 3.05) is 0 Å². The van der Waals surface area contributed by atoms with Gasteiger partial charge >= 0.3 is 0 Å². The molecule has 0 aromatic heterocycles. The minimum Gasteiger partial charge on any atom is -0.119 e. The predicted octanol–water partition coefficient (Wildman–Crippen LogP) is 9.45. The van der Waals surface area contributed by atoms with Crippen LogP contribution in [0.4, 0.5) is 0 Å². The van der Waals surface area contributed by atoms with Gasteiger partial charge in [0.15, 0.2) is 0 Å². The molecule has 0 spiro atoms. The quantitative estimate of drug-likeness (QED) is 0.297. The Kier molecular flexibility index (Phi) is 6.49. The van der Waals surface area contributed by atoms with E-state index in [1.165, 1.54) is 70.6 Å². The van der Waals surface area contributed by atoms with Gasteiger partial charge in [0.05, 0.1) is 0 Å². The van der Waals surface area contributed by atoms with Crippen molar-refractivity contribution in [3.8, 4) is 12.3 Å². The van der Waals surface area contributed by atoms with Crippen LogP contribution in [0.1, 0.15) is 126 Å². The Balaban J connectivity index is 1.49. The molecule has 8 unspecified atom stereocenters. The summed E-state index contributed by atoms with van der Waals surface area (Å²) in [5.41, 5.74) is 3.16. The standard InChI is InChI=1S/C32H52/c1-9-32(10-2,29(4,5)6)22-18-23(3)26-16-17-27-25-15-14-24-13-11-12-20-30(24,7)28(25)19-21-31(26,27)8/h1,14,23,25-28H,10-13,15-22H2,2-8H3. The first kappa shape index (κ1) is 24.4. The lowest BCUT2D eigenvalue weighted by Gasteiger charge is -2.58. The van der Waals surface area contributed by atoms with E-state index in [-0.39, 0.29) is 10.8 Å². The predicted molar refractivity (Wildman–Crippen MR) is 139 cm³/mol. The normalized spacial score (nSPS) is 42.0. The van der Waals surface area contributed by atoms with E-state index in [2.05, 4.69) is 60.5 Å². The highest BCUT2D eigenvalue weighted by Gasteiger charge is 2.58. The van der Waals surface area contributed by atoms with Crippen LogP contribution >= 0.6 is 0 Å². The molecule has 3 saturated carbocycles.